The number of carbonyl (C=O) groups is 3. The van der Waals surface area contributed by atoms with E-state index < -0.39 is 91.5 Å². The monoisotopic (exact) mass is 1460 g/mol. The number of esters is 3. The molecular formula is C83H144O16P2. The highest BCUT2D eigenvalue weighted by Crippen LogP contribution is 2.45. The van der Waals surface area contributed by atoms with Crippen LogP contribution in [-0.4, -0.2) is 95.9 Å². The number of aliphatic hydroxyl groups is 2. The number of phosphoric ester groups is 2. The molecule has 0 aromatic heterocycles. The van der Waals surface area contributed by atoms with Gasteiger partial charge in [-0.1, -0.05) is 303 Å². The van der Waals surface area contributed by atoms with E-state index in [-0.39, 0.29) is 19.3 Å². The van der Waals surface area contributed by atoms with Crippen LogP contribution in [0.15, 0.2) is 122 Å². The van der Waals surface area contributed by atoms with Gasteiger partial charge < -0.3 is 34.2 Å². The molecule has 0 heterocycles. The van der Waals surface area contributed by atoms with E-state index in [0.29, 0.717) is 19.3 Å². The van der Waals surface area contributed by atoms with Crippen LogP contribution in [0.4, 0.5) is 0 Å². The molecule has 0 amide bonds. The van der Waals surface area contributed by atoms with Crippen molar-refractivity contribution in [1.29, 1.82) is 0 Å². The molecule has 0 aliphatic carbocycles. The Labute approximate surface area is 614 Å². The largest absolute Gasteiger partial charge is 0.472 e. The normalized spacial score (nSPS) is 14.6. The van der Waals surface area contributed by atoms with Gasteiger partial charge >= 0.3 is 33.6 Å². The Morgan fingerprint density at radius 1 is 0.287 bits per heavy atom. The fourth-order valence-electron chi connectivity index (χ4n) is 10.6. The quantitative estimate of drug-likeness (QED) is 0.0146. The molecule has 0 rings (SSSR count). The number of aliphatic hydroxyl groups excluding tert-OH is 2. The maximum absolute atomic E-state index is 12.9. The Bertz CT molecular complexity index is 2320. The fourth-order valence-corrected chi connectivity index (χ4v) is 12.2. The molecule has 0 aromatic rings. The van der Waals surface area contributed by atoms with Crippen LogP contribution < -0.4 is 0 Å². The first kappa shape index (κ1) is 97.0. The Morgan fingerprint density at radius 2 is 0.525 bits per heavy atom. The van der Waals surface area contributed by atoms with Gasteiger partial charge in [0.2, 0.25) is 0 Å². The van der Waals surface area contributed by atoms with Gasteiger partial charge in [-0.15, -0.1) is 0 Å². The van der Waals surface area contributed by atoms with Crippen LogP contribution in [0.1, 0.15) is 329 Å². The van der Waals surface area contributed by atoms with Crippen LogP contribution in [0.25, 0.3) is 0 Å². The molecule has 0 saturated carbocycles. The lowest BCUT2D eigenvalue weighted by Gasteiger charge is -2.21. The Morgan fingerprint density at radius 3 is 0.832 bits per heavy atom. The second-order valence-corrected chi connectivity index (χ2v) is 29.4. The molecular weight excluding hydrogens is 1310 g/mol. The van der Waals surface area contributed by atoms with E-state index in [9.17, 15) is 43.5 Å². The highest BCUT2D eigenvalue weighted by molar-refractivity contribution is 7.47. The summed E-state index contributed by atoms with van der Waals surface area (Å²) in [7, 11) is -9.79. The third kappa shape index (κ3) is 76.9. The van der Waals surface area contributed by atoms with Crippen molar-refractivity contribution < 1.29 is 75.8 Å². The Kier molecular flexibility index (Phi) is 72.6. The average Bonchev–Trinajstić information content (AvgIpc) is 1.12. The summed E-state index contributed by atoms with van der Waals surface area (Å²) in [5.74, 6) is -1.59. The molecule has 16 nitrogen and oxygen atoms in total. The summed E-state index contributed by atoms with van der Waals surface area (Å²) < 4.78 is 61.1. The number of unbranched alkanes of at least 4 members (excludes halogenated alkanes) is 32. The van der Waals surface area contributed by atoms with E-state index in [0.717, 1.165) is 161 Å². The molecule has 101 heavy (non-hydrogen) atoms. The second-order valence-electron chi connectivity index (χ2n) is 26.5. The molecule has 0 radical (unpaired) electrons. The van der Waals surface area contributed by atoms with Crippen LogP contribution in [0.3, 0.4) is 0 Å². The van der Waals surface area contributed by atoms with E-state index in [1.807, 2.05) is 0 Å². The summed E-state index contributed by atoms with van der Waals surface area (Å²) in [5, 5.41) is 20.6. The SMILES string of the molecule is CC/C=C\C/C=C\C/C=C\C/C=C\C/C=C\CCCCCCCCCCCCCCCCCCCC(=O)OCC(O)COP(=O)(O)OCC(O)COP(=O)(O)OCC(COC(=O)CCCCCCCCC/C=C\C/C=C\C/C=C\CC)OC(=O)CCCCCCC/C=C\C/C=C\CCCCC. The minimum atomic E-state index is -4.93. The molecule has 0 aromatic carbocycles. The van der Waals surface area contributed by atoms with Gasteiger partial charge in [0.1, 0.15) is 25.4 Å². The molecule has 582 valence electrons. The third-order valence-electron chi connectivity index (χ3n) is 16.7. The maximum Gasteiger partial charge on any atom is 0.472 e. The highest BCUT2D eigenvalue weighted by atomic mass is 31.2. The van der Waals surface area contributed by atoms with Gasteiger partial charge in [0.05, 0.1) is 26.4 Å². The van der Waals surface area contributed by atoms with Crippen molar-refractivity contribution in [3.8, 4) is 0 Å². The zero-order valence-electron chi connectivity index (χ0n) is 63.5. The highest BCUT2D eigenvalue weighted by Gasteiger charge is 2.29. The summed E-state index contributed by atoms with van der Waals surface area (Å²) in [6, 6.07) is 0. The molecule has 0 saturated heterocycles. The zero-order valence-corrected chi connectivity index (χ0v) is 65.3. The number of rotatable bonds is 75. The van der Waals surface area contributed by atoms with Crippen molar-refractivity contribution in [3.05, 3.63) is 122 Å². The summed E-state index contributed by atoms with van der Waals surface area (Å²) in [4.78, 5) is 58.6. The molecule has 0 aliphatic rings. The first-order valence-corrected chi connectivity index (χ1v) is 42.8. The van der Waals surface area contributed by atoms with Gasteiger partial charge in [0, 0.05) is 19.3 Å². The van der Waals surface area contributed by atoms with Crippen molar-refractivity contribution in [3.63, 3.8) is 0 Å². The van der Waals surface area contributed by atoms with E-state index >= 15 is 0 Å². The van der Waals surface area contributed by atoms with Crippen molar-refractivity contribution in [2.75, 3.05) is 39.6 Å². The van der Waals surface area contributed by atoms with E-state index in [2.05, 4.69) is 142 Å². The average molecular weight is 1460 g/mol. The zero-order chi connectivity index (χ0) is 73.7. The minimum Gasteiger partial charge on any atom is -0.463 e. The maximum atomic E-state index is 12.9. The predicted octanol–water partition coefficient (Wildman–Crippen LogP) is 23.3. The molecule has 0 spiro atoms. The molecule has 5 atom stereocenters. The molecule has 0 bridgehead atoms. The molecule has 5 unspecified atom stereocenters. The Balaban J connectivity index is 4.42. The number of hydrogen-bond acceptors (Lipinski definition) is 14. The molecule has 18 heteroatoms. The van der Waals surface area contributed by atoms with Gasteiger partial charge in [0.25, 0.3) is 0 Å². The van der Waals surface area contributed by atoms with Crippen molar-refractivity contribution >= 4 is 33.6 Å². The smallest absolute Gasteiger partial charge is 0.463 e. The topological polar surface area (TPSA) is 231 Å². The number of carbonyl (C=O) groups excluding carboxylic acids is 3. The lowest BCUT2D eigenvalue weighted by atomic mass is 10.0. The van der Waals surface area contributed by atoms with Gasteiger partial charge in [0.15, 0.2) is 6.10 Å². The third-order valence-corrected chi connectivity index (χ3v) is 18.6. The van der Waals surface area contributed by atoms with Gasteiger partial charge in [-0.25, -0.2) is 9.13 Å². The van der Waals surface area contributed by atoms with Crippen molar-refractivity contribution in [2.45, 2.75) is 347 Å². The van der Waals surface area contributed by atoms with Crippen molar-refractivity contribution in [2.24, 2.45) is 0 Å². The van der Waals surface area contributed by atoms with Crippen LogP contribution in [0, 0.1) is 0 Å². The summed E-state index contributed by atoms with van der Waals surface area (Å²) in [6.07, 6.45) is 89.8. The number of allylic oxidation sites excluding steroid dienone is 20. The van der Waals surface area contributed by atoms with Crippen LogP contribution >= 0.6 is 15.6 Å². The molecule has 4 N–H and O–H groups in total. The van der Waals surface area contributed by atoms with Gasteiger partial charge in [-0.05, 0) is 128 Å². The summed E-state index contributed by atoms with van der Waals surface area (Å²) >= 11 is 0. The standard InChI is InChI=1S/C83H144O16P2/c1-4-7-10-13-16-19-22-25-28-30-31-32-33-34-35-36-37-38-39-40-41-42-43-44-45-47-50-51-54-57-60-63-66-69-81(86)93-72-78(84)73-95-100(89,90)96-74-79(85)75-97-101(91,92)98-77-80(99-83(88)71-68-65-62-59-56-53-48-27-24-21-18-15-12-9-6-3)76-94-82(87)70-67-64-61-58-55-52-49-46-29-26-23-20-17-14-11-8-5-2/h7-8,10-11,16-21,25-29,31-32,34-35,48,78-80,84-85H,4-6,9,12-15,22-24,30,33,36-47,49-77H2,1-3H3,(H,89,90)(H,91,92)/b10-7-,11-8-,19-16-,20-17-,21-18-,28-25-,29-26-,32-31-,35-34-,48-27-. The Hall–Kier alpha value is -4.05. The minimum absolute atomic E-state index is 0.0856. The summed E-state index contributed by atoms with van der Waals surface area (Å²) in [5.41, 5.74) is 0. The first-order valence-electron chi connectivity index (χ1n) is 39.8. The number of ether oxygens (including phenoxy) is 3. The van der Waals surface area contributed by atoms with E-state index in [1.54, 1.807) is 0 Å². The van der Waals surface area contributed by atoms with Gasteiger partial charge in [-0.3, -0.25) is 32.5 Å². The van der Waals surface area contributed by atoms with Gasteiger partial charge in [-0.2, -0.15) is 0 Å². The second kappa shape index (κ2) is 75.6. The summed E-state index contributed by atoms with van der Waals surface area (Å²) in [6.45, 7) is 2.42. The van der Waals surface area contributed by atoms with E-state index in [4.69, 9.17) is 32.3 Å². The van der Waals surface area contributed by atoms with Crippen LogP contribution in [-0.2, 0) is 55.8 Å². The number of phosphoric acid groups is 2. The fraction of sp³-hybridized carbons (Fsp3) is 0.723. The lowest BCUT2D eigenvalue weighted by Crippen LogP contribution is -2.30. The predicted molar refractivity (Wildman–Crippen MR) is 417 cm³/mol. The molecule has 0 fully saturated rings. The number of hydrogen-bond donors (Lipinski definition) is 4. The van der Waals surface area contributed by atoms with Crippen molar-refractivity contribution in [1.82, 2.24) is 0 Å². The van der Waals surface area contributed by atoms with Crippen LogP contribution in [0.5, 0.6) is 0 Å². The van der Waals surface area contributed by atoms with E-state index in [1.165, 1.54) is 109 Å². The first-order chi connectivity index (χ1) is 49.2. The molecule has 0 aliphatic heterocycles. The lowest BCUT2D eigenvalue weighted by molar-refractivity contribution is -0.161. The van der Waals surface area contributed by atoms with Crippen LogP contribution in [0.2, 0.25) is 0 Å².